The Bertz CT molecular complexity index is 490. The molecule has 0 bridgehead atoms. The normalized spacial score (nSPS) is 10.9. The molecule has 0 atom stereocenters. The first-order valence-corrected chi connectivity index (χ1v) is 6.47. The van der Waals surface area contributed by atoms with Gasteiger partial charge in [-0.2, -0.15) is 5.10 Å². The maximum atomic E-state index is 4.59. The third-order valence-electron chi connectivity index (χ3n) is 2.57. The molecule has 4 heteroatoms. The predicted molar refractivity (Wildman–Crippen MR) is 71.1 cm³/mol. The monoisotopic (exact) mass is 281 g/mol. The van der Waals surface area contributed by atoms with E-state index in [4.69, 9.17) is 0 Å². The van der Waals surface area contributed by atoms with Crippen LogP contribution in [0.3, 0.4) is 0 Å². The number of fused-ring (bicyclic) bond motifs is 1. The van der Waals surface area contributed by atoms with Gasteiger partial charge in [-0.3, -0.25) is 0 Å². The molecule has 0 amide bonds. The maximum Gasteiger partial charge on any atom is 0.108 e. The van der Waals surface area contributed by atoms with Crippen LogP contribution in [0.4, 0.5) is 5.69 Å². The molecule has 1 N–H and O–H groups in total. The highest BCUT2D eigenvalue weighted by Crippen LogP contribution is 2.25. The molecule has 2 heterocycles. The topological polar surface area (TPSA) is 29.3 Å². The molecule has 0 radical (unpaired) electrons. The van der Waals surface area contributed by atoms with Crippen molar-refractivity contribution in [3.63, 3.8) is 0 Å². The molecule has 0 aliphatic heterocycles. The minimum atomic E-state index is 0.945. The van der Waals surface area contributed by atoms with Gasteiger partial charge in [-0.05, 0) is 40.9 Å². The van der Waals surface area contributed by atoms with E-state index < -0.39 is 0 Å². The number of hydrogen-bond donors (Lipinski definition) is 1. The van der Waals surface area contributed by atoms with Crippen molar-refractivity contribution in [3.05, 3.63) is 28.5 Å². The smallest absolute Gasteiger partial charge is 0.108 e. The summed E-state index contributed by atoms with van der Waals surface area (Å²) in [6, 6.07) is 6.13. The zero-order chi connectivity index (χ0) is 11.5. The first-order chi connectivity index (χ1) is 7.77. The molecule has 2 rings (SSSR count). The number of nitrogens with zero attached hydrogens (tertiary/aromatic N) is 2. The van der Waals surface area contributed by atoms with Gasteiger partial charge in [0.1, 0.15) is 4.60 Å². The summed E-state index contributed by atoms with van der Waals surface area (Å²) < 4.78 is 2.93. The van der Waals surface area contributed by atoms with E-state index in [1.165, 1.54) is 5.69 Å². The lowest BCUT2D eigenvalue weighted by molar-refractivity contribution is 0.880. The van der Waals surface area contributed by atoms with Gasteiger partial charge in [-0.15, -0.1) is 0 Å². The molecule has 0 aromatic carbocycles. The lowest BCUT2D eigenvalue weighted by Gasteiger charge is -2.04. The Morgan fingerprint density at radius 3 is 2.88 bits per heavy atom. The summed E-state index contributed by atoms with van der Waals surface area (Å²) in [5.41, 5.74) is 3.44. The number of halogens is 1. The second-order valence-corrected chi connectivity index (χ2v) is 4.56. The van der Waals surface area contributed by atoms with Crippen LogP contribution in [0.25, 0.3) is 5.52 Å². The van der Waals surface area contributed by atoms with Gasteiger partial charge in [0.15, 0.2) is 0 Å². The van der Waals surface area contributed by atoms with Gasteiger partial charge in [0.2, 0.25) is 0 Å². The average Bonchev–Trinajstić information content (AvgIpc) is 2.66. The predicted octanol–water partition coefficient (Wildman–Crippen LogP) is 3.48. The summed E-state index contributed by atoms with van der Waals surface area (Å²) in [4.78, 5) is 0. The molecular formula is C12H16BrN3. The van der Waals surface area contributed by atoms with Crippen LogP contribution in [-0.2, 0) is 6.42 Å². The Balaban J connectivity index is 2.54. The Morgan fingerprint density at radius 1 is 1.38 bits per heavy atom. The number of hydrogen-bond acceptors (Lipinski definition) is 2. The number of aryl methyl sites for hydroxylation is 1. The number of rotatable bonds is 4. The highest BCUT2D eigenvalue weighted by atomic mass is 79.9. The van der Waals surface area contributed by atoms with E-state index in [1.807, 2.05) is 16.6 Å². The lowest BCUT2D eigenvalue weighted by atomic mass is 10.2. The van der Waals surface area contributed by atoms with Crippen LogP contribution in [-0.4, -0.2) is 16.2 Å². The maximum absolute atomic E-state index is 4.59. The zero-order valence-electron chi connectivity index (χ0n) is 9.63. The number of nitrogens with one attached hydrogen (secondary N) is 1. The summed E-state index contributed by atoms with van der Waals surface area (Å²) in [6.45, 7) is 5.29. The van der Waals surface area contributed by atoms with Crippen molar-refractivity contribution < 1.29 is 0 Å². The fraction of sp³-hybridized carbons (Fsp3) is 0.417. The Morgan fingerprint density at radius 2 is 2.19 bits per heavy atom. The highest BCUT2D eigenvalue weighted by Gasteiger charge is 2.11. The molecule has 0 spiro atoms. The Labute approximate surface area is 104 Å². The van der Waals surface area contributed by atoms with E-state index in [1.54, 1.807) is 0 Å². The summed E-state index contributed by atoms with van der Waals surface area (Å²) in [7, 11) is 0. The molecule has 2 aromatic rings. The minimum Gasteiger partial charge on any atom is -0.382 e. The van der Waals surface area contributed by atoms with E-state index in [0.717, 1.165) is 35.2 Å². The second kappa shape index (κ2) is 4.87. The van der Waals surface area contributed by atoms with Crippen molar-refractivity contribution in [2.75, 3.05) is 11.9 Å². The second-order valence-electron chi connectivity index (χ2n) is 3.75. The van der Waals surface area contributed by atoms with Gasteiger partial charge in [-0.25, -0.2) is 4.52 Å². The van der Waals surface area contributed by atoms with Crippen molar-refractivity contribution >= 4 is 27.1 Å². The van der Waals surface area contributed by atoms with Crippen molar-refractivity contribution in [1.29, 1.82) is 0 Å². The highest BCUT2D eigenvalue weighted by molar-refractivity contribution is 9.10. The largest absolute Gasteiger partial charge is 0.382 e. The van der Waals surface area contributed by atoms with Crippen LogP contribution in [0.1, 0.15) is 26.0 Å². The fourth-order valence-electron chi connectivity index (χ4n) is 1.77. The van der Waals surface area contributed by atoms with E-state index >= 15 is 0 Å². The molecule has 16 heavy (non-hydrogen) atoms. The summed E-state index contributed by atoms with van der Waals surface area (Å²) in [5.74, 6) is 0. The molecule has 3 nitrogen and oxygen atoms in total. The van der Waals surface area contributed by atoms with E-state index in [9.17, 15) is 0 Å². The molecule has 0 fully saturated rings. The molecule has 0 saturated carbocycles. The Hall–Kier alpha value is -1.03. The fourth-order valence-corrected chi connectivity index (χ4v) is 2.20. The van der Waals surface area contributed by atoms with Gasteiger partial charge in [0, 0.05) is 6.54 Å². The standard InChI is InChI=1S/C12H16BrN3/c1-3-8-14-12-9(4-2)15-16-10(12)6-5-7-11(16)13/h5-7,14H,3-4,8H2,1-2H3. The van der Waals surface area contributed by atoms with Crippen LogP contribution >= 0.6 is 15.9 Å². The van der Waals surface area contributed by atoms with Crippen LogP contribution in [0, 0.1) is 0 Å². The van der Waals surface area contributed by atoms with Crippen molar-refractivity contribution in [2.24, 2.45) is 0 Å². The molecule has 0 aliphatic carbocycles. The van der Waals surface area contributed by atoms with Crippen LogP contribution in [0.15, 0.2) is 22.8 Å². The SMILES string of the molecule is CCCNc1c(CC)nn2c(Br)cccc12. The van der Waals surface area contributed by atoms with Crippen molar-refractivity contribution in [2.45, 2.75) is 26.7 Å². The number of anilines is 1. The van der Waals surface area contributed by atoms with Crippen molar-refractivity contribution in [1.82, 2.24) is 9.61 Å². The molecule has 86 valence electrons. The number of aromatic nitrogens is 2. The van der Waals surface area contributed by atoms with Crippen LogP contribution < -0.4 is 5.32 Å². The summed E-state index contributed by atoms with van der Waals surface area (Å²) >= 11 is 3.51. The summed E-state index contributed by atoms with van der Waals surface area (Å²) in [5, 5.41) is 8.05. The molecule has 2 aromatic heterocycles. The van der Waals surface area contributed by atoms with E-state index in [-0.39, 0.29) is 0 Å². The molecule has 0 unspecified atom stereocenters. The van der Waals surface area contributed by atoms with Crippen molar-refractivity contribution in [3.8, 4) is 0 Å². The zero-order valence-corrected chi connectivity index (χ0v) is 11.2. The number of pyridine rings is 1. The summed E-state index contributed by atoms with van der Waals surface area (Å²) in [6.07, 6.45) is 2.06. The quantitative estimate of drug-likeness (QED) is 0.870. The van der Waals surface area contributed by atoms with Crippen LogP contribution in [0.2, 0.25) is 0 Å². The van der Waals surface area contributed by atoms with Gasteiger partial charge >= 0.3 is 0 Å². The van der Waals surface area contributed by atoms with Gasteiger partial charge < -0.3 is 5.32 Å². The van der Waals surface area contributed by atoms with E-state index in [0.29, 0.717) is 0 Å². The van der Waals surface area contributed by atoms with Gasteiger partial charge in [-0.1, -0.05) is 19.9 Å². The van der Waals surface area contributed by atoms with Gasteiger partial charge in [0.25, 0.3) is 0 Å². The van der Waals surface area contributed by atoms with Gasteiger partial charge in [0.05, 0.1) is 16.9 Å². The van der Waals surface area contributed by atoms with E-state index in [2.05, 4.69) is 46.3 Å². The third kappa shape index (κ3) is 1.94. The van der Waals surface area contributed by atoms with Crippen LogP contribution in [0.5, 0.6) is 0 Å². The Kier molecular flexibility index (Phi) is 3.49. The minimum absolute atomic E-state index is 0.945. The average molecular weight is 282 g/mol. The molecular weight excluding hydrogens is 266 g/mol. The first-order valence-electron chi connectivity index (χ1n) is 5.68. The first kappa shape index (κ1) is 11.5. The lowest BCUT2D eigenvalue weighted by Crippen LogP contribution is -2.01. The third-order valence-corrected chi connectivity index (χ3v) is 3.17. The molecule has 0 saturated heterocycles. The molecule has 0 aliphatic rings.